The van der Waals surface area contributed by atoms with Crippen LogP contribution in [0.5, 0.6) is 11.6 Å². The molecule has 1 aromatic heterocycles. The number of aromatic nitrogens is 1. The minimum atomic E-state index is -0.986. The van der Waals surface area contributed by atoms with Crippen LogP contribution in [-0.4, -0.2) is 4.98 Å². The maximum Gasteiger partial charge on any atom is 0.219 e. The van der Waals surface area contributed by atoms with Crippen molar-refractivity contribution >= 4 is 11.6 Å². The average molecular weight is 271 g/mol. The minimum Gasteiger partial charge on any atom is -0.439 e. The normalized spacial score (nSPS) is 10.4. The van der Waals surface area contributed by atoms with E-state index in [4.69, 9.17) is 22.1 Å². The molecule has 0 unspecified atom stereocenters. The van der Waals surface area contributed by atoms with E-state index in [9.17, 15) is 8.78 Å². The first-order valence-corrected chi connectivity index (χ1v) is 5.45. The van der Waals surface area contributed by atoms with Crippen molar-refractivity contribution < 1.29 is 13.5 Å². The summed E-state index contributed by atoms with van der Waals surface area (Å²) >= 11 is 5.84. The summed E-state index contributed by atoms with van der Waals surface area (Å²) in [6.07, 6.45) is 1.39. The molecule has 0 saturated carbocycles. The van der Waals surface area contributed by atoms with Gasteiger partial charge in [0.25, 0.3) is 0 Å². The molecule has 0 aliphatic rings. The van der Waals surface area contributed by atoms with E-state index in [1.807, 2.05) is 0 Å². The summed E-state index contributed by atoms with van der Waals surface area (Å²) in [6.45, 7) is 0.232. The molecule has 2 rings (SSSR count). The van der Waals surface area contributed by atoms with Crippen LogP contribution in [0.3, 0.4) is 0 Å². The zero-order valence-electron chi connectivity index (χ0n) is 9.16. The molecule has 0 radical (unpaired) electrons. The first-order chi connectivity index (χ1) is 8.60. The van der Waals surface area contributed by atoms with Gasteiger partial charge in [-0.25, -0.2) is 13.8 Å². The number of halogens is 3. The van der Waals surface area contributed by atoms with Crippen molar-refractivity contribution in [3.63, 3.8) is 0 Å². The van der Waals surface area contributed by atoms with Gasteiger partial charge in [0.1, 0.15) is 5.75 Å². The second kappa shape index (κ2) is 5.29. The lowest BCUT2D eigenvalue weighted by molar-refractivity contribution is 0.447. The van der Waals surface area contributed by atoms with Gasteiger partial charge < -0.3 is 10.5 Å². The average Bonchev–Trinajstić information content (AvgIpc) is 2.36. The number of nitrogens with zero attached hydrogens (tertiary/aromatic N) is 1. The van der Waals surface area contributed by atoms with Crippen LogP contribution in [0.2, 0.25) is 5.02 Å². The predicted molar refractivity (Wildman–Crippen MR) is 63.6 cm³/mol. The molecule has 0 atom stereocenters. The lowest BCUT2D eigenvalue weighted by atomic mass is 10.2. The third-order valence-corrected chi connectivity index (χ3v) is 2.58. The van der Waals surface area contributed by atoms with Crippen molar-refractivity contribution in [1.29, 1.82) is 0 Å². The molecule has 0 aliphatic carbocycles. The zero-order valence-corrected chi connectivity index (χ0v) is 9.92. The van der Waals surface area contributed by atoms with Crippen LogP contribution in [0.15, 0.2) is 30.5 Å². The monoisotopic (exact) mass is 270 g/mol. The molecule has 0 aliphatic heterocycles. The summed E-state index contributed by atoms with van der Waals surface area (Å²) in [4.78, 5) is 3.91. The summed E-state index contributed by atoms with van der Waals surface area (Å²) < 4.78 is 31.0. The van der Waals surface area contributed by atoms with E-state index >= 15 is 0 Å². The highest BCUT2D eigenvalue weighted by molar-refractivity contribution is 6.31. The summed E-state index contributed by atoms with van der Waals surface area (Å²) in [5.41, 5.74) is 6.14. The van der Waals surface area contributed by atoms with Crippen LogP contribution >= 0.6 is 11.6 Å². The molecule has 2 N–H and O–H groups in total. The van der Waals surface area contributed by atoms with E-state index in [-0.39, 0.29) is 18.2 Å². The van der Waals surface area contributed by atoms with Crippen LogP contribution in [0.1, 0.15) is 5.56 Å². The van der Waals surface area contributed by atoms with Crippen LogP contribution in [-0.2, 0) is 6.54 Å². The highest BCUT2D eigenvalue weighted by Gasteiger charge is 2.07. The number of rotatable bonds is 3. The Morgan fingerprint density at radius 3 is 2.67 bits per heavy atom. The highest BCUT2D eigenvalue weighted by Crippen LogP contribution is 2.24. The van der Waals surface area contributed by atoms with Crippen molar-refractivity contribution in [3.8, 4) is 11.6 Å². The molecule has 0 fully saturated rings. The lowest BCUT2D eigenvalue weighted by Crippen LogP contribution is -1.99. The molecule has 0 spiro atoms. The van der Waals surface area contributed by atoms with Gasteiger partial charge in [-0.05, 0) is 17.7 Å². The van der Waals surface area contributed by atoms with Gasteiger partial charge in [-0.1, -0.05) is 11.6 Å². The number of hydrogen-bond donors (Lipinski definition) is 1. The predicted octanol–water partition coefficient (Wildman–Crippen LogP) is 3.26. The van der Waals surface area contributed by atoms with E-state index in [0.717, 1.165) is 12.1 Å². The third-order valence-electron chi connectivity index (χ3n) is 2.24. The Hall–Kier alpha value is -1.72. The Morgan fingerprint density at radius 2 is 2.00 bits per heavy atom. The molecule has 0 amide bonds. The highest BCUT2D eigenvalue weighted by atomic mass is 35.5. The Morgan fingerprint density at radius 1 is 1.22 bits per heavy atom. The van der Waals surface area contributed by atoms with Crippen molar-refractivity contribution in [2.75, 3.05) is 0 Å². The summed E-state index contributed by atoms with van der Waals surface area (Å²) in [7, 11) is 0. The second-order valence-electron chi connectivity index (χ2n) is 3.50. The second-order valence-corrected chi connectivity index (χ2v) is 3.90. The van der Waals surface area contributed by atoms with Crippen LogP contribution in [0.4, 0.5) is 8.78 Å². The largest absolute Gasteiger partial charge is 0.439 e. The smallest absolute Gasteiger partial charge is 0.219 e. The molecule has 1 heterocycles. The maximum absolute atomic E-state index is 13.0. The molecular formula is C12H9ClF2N2O. The molecular weight excluding hydrogens is 262 g/mol. The Balaban J connectivity index is 2.25. The first-order valence-electron chi connectivity index (χ1n) is 5.07. The summed E-state index contributed by atoms with van der Waals surface area (Å²) in [5.74, 6) is -1.56. The van der Waals surface area contributed by atoms with Gasteiger partial charge in [0.15, 0.2) is 11.6 Å². The summed E-state index contributed by atoms with van der Waals surface area (Å²) in [5, 5.41) is 0.426. The van der Waals surface area contributed by atoms with Gasteiger partial charge in [0.05, 0.1) is 5.02 Å². The summed E-state index contributed by atoms with van der Waals surface area (Å²) in [6, 6.07) is 4.76. The molecule has 94 valence electrons. The van der Waals surface area contributed by atoms with E-state index in [0.29, 0.717) is 10.6 Å². The van der Waals surface area contributed by atoms with Gasteiger partial charge in [-0.3, -0.25) is 0 Å². The molecule has 3 nitrogen and oxygen atoms in total. The molecule has 18 heavy (non-hydrogen) atoms. The Kier molecular flexibility index (Phi) is 3.74. The SMILES string of the molecule is NCc1cc(Oc2ccc(F)c(F)c2)ncc1Cl. The van der Waals surface area contributed by atoms with Crippen molar-refractivity contribution in [2.24, 2.45) is 5.73 Å². The maximum atomic E-state index is 13.0. The van der Waals surface area contributed by atoms with Crippen LogP contribution < -0.4 is 10.5 Å². The molecule has 2 aromatic rings. The van der Waals surface area contributed by atoms with E-state index in [1.165, 1.54) is 12.3 Å². The quantitative estimate of drug-likeness (QED) is 0.931. The Bertz CT molecular complexity index is 578. The van der Waals surface area contributed by atoms with E-state index in [1.54, 1.807) is 6.07 Å². The number of hydrogen-bond acceptors (Lipinski definition) is 3. The van der Waals surface area contributed by atoms with Crippen molar-refractivity contribution in [3.05, 3.63) is 52.7 Å². The van der Waals surface area contributed by atoms with Gasteiger partial charge in [0, 0.05) is 24.9 Å². The topological polar surface area (TPSA) is 48.1 Å². The number of pyridine rings is 1. The molecule has 6 heteroatoms. The van der Waals surface area contributed by atoms with Gasteiger partial charge in [0.2, 0.25) is 5.88 Å². The Labute approximate surface area is 107 Å². The van der Waals surface area contributed by atoms with Crippen molar-refractivity contribution in [1.82, 2.24) is 4.98 Å². The minimum absolute atomic E-state index is 0.145. The number of benzene rings is 1. The van der Waals surface area contributed by atoms with Gasteiger partial charge in [-0.15, -0.1) is 0 Å². The number of nitrogens with two attached hydrogens (primary N) is 1. The van der Waals surface area contributed by atoms with Gasteiger partial charge >= 0.3 is 0 Å². The lowest BCUT2D eigenvalue weighted by Gasteiger charge is -2.07. The third kappa shape index (κ3) is 2.75. The van der Waals surface area contributed by atoms with E-state index in [2.05, 4.69) is 4.98 Å². The van der Waals surface area contributed by atoms with Crippen LogP contribution in [0.25, 0.3) is 0 Å². The standard InChI is InChI=1S/C12H9ClF2N2O/c13-9-6-17-12(3-7(9)5-16)18-8-1-2-10(14)11(15)4-8/h1-4,6H,5,16H2. The van der Waals surface area contributed by atoms with Crippen LogP contribution in [0, 0.1) is 11.6 Å². The fraction of sp³-hybridized carbons (Fsp3) is 0.0833. The zero-order chi connectivity index (χ0) is 13.1. The molecule has 1 aromatic carbocycles. The molecule has 0 saturated heterocycles. The first kappa shape index (κ1) is 12.7. The fourth-order valence-corrected chi connectivity index (χ4v) is 1.51. The molecule has 0 bridgehead atoms. The van der Waals surface area contributed by atoms with E-state index < -0.39 is 11.6 Å². The number of ether oxygens (including phenoxy) is 1. The van der Waals surface area contributed by atoms with Gasteiger partial charge in [-0.2, -0.15) is 0 Å². The van der Waals surface area contributed by atoms with Crippen molar-refractivity contribution in [2.45, 2.75) is 6.54 Å². The fourth-order valence-electron chi connectivity index (χ4n) is 1.33.